The zero-order valence-electron chi connectivity index (χ0n) is 20.0. The summed E-state index contributed by atoms with van der Waals surface area (Å²) >= 11 is 8.19. The summed E-state index contributed by atoms with van der Waals surface area (Å²) in [6.45, 7) is 2.64. The molecular weight excluding hydrogens is 482 g/mol. The molecule has 3 aromatic heterocycles. The quantitative estimate of drug-likeness (QED) is 0.325. The summed E-state index contributed by atoms with van der Waals surface area (Å²) in [5.41, 5.74) is 2.92. The van der Waals surface area contributed by atoms with E-state index in [4.69, 9.17) is 16.6 Å². The van der Waals surface area contributed by atoms with Gasteiger partial charge in [-0.05, 0) is 40.8 Å². The average molecular weight is 510 g/mol. The third-order valence-electron chi connectivity index (χ3n) is 5.62. The van der Waals surface area contributed by atoms with Gasteiger partial charge in [0.25, 0.3) is 5.91 Å². The fraction of sp³-hybridized carbons (Fsp3) is 0.320. The molecule has 0 unspecified atom stereocenters. The number of unbranched alkanes of at least 4 members (excludes halogenated alkanes) is 1. The molecular formula is C25H28ClN7OS. The van der Waals surface area contributed by atoms with E-state index >= 15 is 0 Å². The average Bonchev–Trinajstić information content (AvgIpc) is 3.61. The zero-order valence-corrected chi connectivity index (χ0v) is 21.6. The Bertz CT molecular complexity index is 1290. The molecule has 182 valence electrons. The van der Waals surface area contributed by atoms with E-state index in [1.165, 1.54) is 0 Å². The van der Waals surface area contributed by atoms with E-state index in [2.05, 4.69) is 38.2 Å². The van der Waals surface area contributed by atoms with Gasteiger partial charge in [0.15, 0.2) is 5.69 Å². The van der Waals surface area contributed by atoms with E-state index < -0.39 is 0 Å². The van der Waals surface area contributed by atoms with Crippen molar-refractivity contribution in [3.8, 4) is 0 Å². The number of aryl methyl sites for hydroxylation is 1. The molecule has 10 heteroatoms. The normalized spacial score (nSPS) is 11.7. The highest BCUT2D eigenvalue weighted by molar-refractivity contribution is 7.10. The summed E-state index contributed by atoms with van der Waals surface area (Å²) in [6, 6.07) is 11.8. The number of hydrogen-bond donors (Lipinski definition) is 1. The van der Waals surface area contributed by atoms with Gasteiger partial charge in [-0.25, -0.2) is 4.98 Å². The van der Waals surface area contributed by atoms with Gasteiger partial charge < -0.3 is 9.47 Å². The van der Waals surface area contributed by atoms with Crippen LogP contribution < -0.4 is 0 Å². The van der Waals surface area contributed by atoms with Crippen LogP contribution in [0.1, 0.15) is 58.0 Å². The second-order valence-electron chi connectivity index (χ2n) is 8.40. The van der Waals surface area contributed by atoms with Crippen LogP contribution in [0.15, 0.2) is 41.8 Å². The summed E-state index contributed by atoms with van der Waals surface area (Å²) in [4.78, 5) is 20.8. The molecule has 3 heterocycles. The van der Waals surface area contributed by atoms with E-state index in [-0.39, 0.29) is 5.91 Å². The second kappa shape index (κ2) is 11.4. The molecule has 0 spiro atoms. The predicted molar refractivity (Wildman–Crippen MR) is 139 cm³/mol. The molecule has 0 fully saturated rings. The highest BCUT2D eigenvalue weighted by Crippen LogP contribution is 2.27. The predicted octanol–water partition coefficient (Wildman–Crippen LogP) is 4.99. The lowest BCUT2D eigenvalue weighted by Gasteiger charge is -2.14. The minimum Gasteiger partial charge on any atom is -0.343 e. The Morgan fingerprint density at radius 2 is 2.06 bits per heavy atom. The molecule has 0 radical (unpaired) electrons. The SMILES string of the molecule is CCCCc1nc(C(=O)N(C)C)c(/C=C(/Cc2cccs2)c2nn[nH]n2)n1Cc1ccccc1Cl. The van der Waals surface area contributed by atoms with Gasteiger partial charge in [0.1, 0.15) is 5.82 Å². The van der Waals surface area contributed by atoms with Crippen molar-refractivity contribution in [2.24, 2.45) is 0 Å². The number of aromatic amines is 1. The molecule has 0 aliphatic rings. The molecule has 1 amide bonds. The van der Waals surface area contributed by atoms with E-state index in [0.29, 0.717) is 35.2 Å². The first-order valence-corrected chi connectivity index (χ1v) is 12.7. The Kier molecular flexibility index (Phi) is 8.09. The van der Waals surface area contributed by atoms with Crippen LogP contribution in [0.25, 0.3) is 11.6 Å². The summed E-state index contributed by atoms with van der Waals surface area (Å²) in [5.74, 6) is 1.18. The Morgan fingerprint density at radius 3 is 2.71 bits per heavy atom. The molecule has 35 heavy (non-hydrogen) atoms. The van der Waals surface area contributed by atoms with Crippen molar-refractivity contribution in [2.45, 2.75) is 39.2 Å². The summed E-state index contributed by atoms with van der Waals surface area (Å²) in [5, 5.41) is 17.5. The lowest BCUT2D eigenvalue weighted by Crippen LogP contribution is -2.23. The lowest BCUT2D eigenvalue weighted by atomic mass is 10.1. The molecule has 0 saturated carbocycles. The fourth-order valence-corrected chi connectivity index (χ4v) is 4.71. The van der Waals surface area contributed by atoms with Gasteiger partial charge in [-0.3, -0.25) is 4.79 Å². The number of carbonyl (C=O) groups is 1. The molecule has 4 rings (SSSR count). The van der Waals surface area contributed by atoms with Gasteiger partial charge in [-0.15, -0.1) is 21.5 Å². The molecule has 0 saturated heterocycles. The number of thiophene rings is 1. The molecule has 0 bridgehead atoms. The standard InChI is InChI=1S/C25H28ClN7OS/c1-4-5-12-22-27-23(25(34)32(2)3)21(33(22)16-17-9-6-7-11-20(17)26)15-18(24-28-30-31-29-24)14-19-10-8-13-35-19/h6-11,13,15H,4-5,12,14,16H2,1-3H3,(H,28,29,30,31)/b18-15-. The number of aromatic nitrogens is 6. The van der Waals surface area contributed by atoms with E-state index in [1.807, 2.05) is 41.8 Å². The number of nitrogens with zero attached hydrogens (tertiary/aromatic N) is 6. The van der Waals surface area contributed by atoms with Crippen LogP contribution >= 0.6 is 22.9 Å². The number of carbonyl (C=O) groups excluding carboxylic acids is 1. The summed E-state index contributed by atoms with van der Waals surface area (Å²) in [6.07, 6.45) is 5.32. The number of benzene rings is 1. The number of tetrazole rings is 1. The minimum atomic E-state index is -0.157. The molecule has 0 atom stereocenters. The second-order valence-corrected chi connectivity index (χ2v) is 9.84. The van der Waals surface area contributed by atoms with Crippen LogP contribution in [-0.2, 0) is 19.4 Å². The van der Waals surface area contributed by atoms with Crippen molar-refractivity contribution in [2.75, 3.05) is 14.1 Å². The zero-order chi connectivity index (χ0) is 24.8. The highest BCUT2D eigenvalue weighted by atomic mass is 35.5. The molecule has 4 aromatic rings. The highest BCUT2D eigenvalue weighted by Gasteiger charge is 2.24. The number of rotatable bonds is 10. The molecule has 0 aliphatic heterocycles. The Labute approximate surface area is 213 Å². The van der Waals surface area contributed by atoms with Crippen LogP contribution in [0.5, 0.6) is 0 Å². The van der Waals surface area contributed by atoms with Gasteiger partial charge in [0, 0.05) is 42.4 Å². The van der Waals surface area contributed by atoms with Crippen LogP contribution in [0.3, 0.4) is 0 Å². The first-order chi connectivity index (χ1) is 17.0. The Balaban J connectivity index is 1.91. The third kappa shape index (κ3) is 5.86. The van der Waals surface area contributed by atoms with Crippen molar-refractivity contribution in [1.82, 2.24) is 35.1 Å². The van der Waals surface area contributed by atoms with Crippen molar-refractivity contribution < 1.29 is 4.79 Å². The number of hydrogen-bond acceptors (Lipinski definition) is 6. The largest absolute Gasteiger partial charge is 0.343 e. The molecule has 1 N–H and O–H groups in total. The van der Waals surface area contributed by atoms with Gasteiger partial charge in [-0.2, -0.15) is 5.21 Å². The van der Waals surface area contributed by atoms with Crippen LogP contribution in [-0.4, -0.2) is 55.1 Å². The number of allylic oxidation sites excluding steroid dienone is 1. The third-order valence-corrected chi connectivity index (χ3v) is 6.87. The topological polar surface area (TPSA) is 92.6 Å². The number of nitrogens with one attached hydrogen (secondary N) is 1. The maximum atomic E-state index is 13.3. The van der Waals surface area contributed by atoms with Gasteiger partial charge >= 0.3 is 0 Å². The number of halogens is 1. The number of amides is 1. The minimum absolute atomic E-state index is 0.157. The van der Waals surface area contributed by atoms with Crippen molar-refractivity contribution >= 4 is 40.5 Å². The number of imidazole rings is 1. The molecule has 1 aromatic carbocycles. The van der Waals surface area contributed by atoms with Crippen molar-refractivity contribution in [3.05, 3.63) is 80.3 Å². The first-order valence-electron chi connectivity index (χ1n) is 11.5. The van der Waals surface area contributed by atoms with E-state index in [1.54, 1.807) is 30.3 Å². The van der Waals surface area contributed by atoms with Gasteiger partial charge in [0.2, 0.25) is 5.82 Å². The first kappa shape index (κ1) is 24.8. The maximum Gasteiger partial charge on any atom is 0.274 e. The van der Waals surface area contributed by atoms with E-state index in [9.17, 15) is 4.79 Å². The molecule has 8 nitrogen and oxygen atoms in total. The number of H-pyrrole nitrogens is 1. The van der Waals surface area contributed by atoms with Crippen LogP contribution in [0.4, 0.5) is 0 Å². The van der Waals surface area contributed by atoms with Crippen LogP contribution in [0, 0.1) is 0 Å². The Hall–Kier alpha value is -3.30. The fourth-order valence-electron chi connectivity index (χ4n) is 3.79. The van der Waals surface area contributed by atoms with Gasteiger partial charge in [0.05, 0.1) is 12.2 Å². The van der Waals surface area contributed by atoms with Crippen molar-refractivity contribution in [3.63, 3.8) is 0 Å². The van der Waals surface area contributed by atoms with Crippen molar-refractivity contribution in [1.29, 1.82) is 0 Å². The van der Waals surface area contributed by atoms with E-state index in [0.717, 1.165) is 41.1 Å². The van der Waals surface area contributed by atoms with Crippen LogP contribution in [0.2, 0.25) is 5.02 Å². The summed E-state index contributed by atoms with van der Waals surface area (Å²) in [7, 11) is 3.47. The Morgan fingerprint density at radius 1 is 1.23 bits per heavy atom. The maximum absolute atomic E-state index is 13.3. The smallest absolute Gasteiger partial charge is 0.274 e. The monoisotopic (exact) mass is 509 g/mol. The molecule has 0 aliphatic carbocycles. The lowest BCUT2D eigenvalue weighted by molar-refractivity contribution is 0.0822. The summed E-state index contributed by atoms with van der Waals surface area (Å²) < 4.78 is 2.10. The van der Waals surface area contributed by atoms with Gasteiger partial charge in [-0.1, -0.05) is 49.2 Å².